The first kappa shape index (κ1) is 26.8. The third-order valence-electron chi connectivity index (χ3n) is 8.52. The van der Waals surface area contributed by atoms with E-state index in [0.717, 1.165) is 22.6 Å². The quantitative estimate of drug-likeness (QED) is 0.446. The van der Waals surface area contributed by atoms with Gasteiger partial charge in [-0.15, -0.1) is 0 Å². The number of aromatic nitrogens is 1. The van der Waals surface area contributed by atoms with Gasteiger partial charge in [-0.05, 0) is 66.8 Å². The molecule has 0 saturated carbocycles. The average Bonchev–Trinajstić information content (AvgIpc) is 2.97. The van der Waals surface area contributed by atoms with Crippen molar-refractivity contribution in [1.82, 2.24) is 14.8 Å². The molecular weight excluding hydrogens is 524 g/mol. The number of benzene rings is 2. The highest BCUT2D eigenvalue weighted by Gasteiger charge is 2.55. The highest BCUT2D eigenvalue weighted by Crippen LogP contribution is 2.39. The molecule has 3 atom stereocenters. The fourth-order valence-electron chi connectivity index (χ4n) is 6.59. The second kappa shape index (κ2) is 10.5. The lowest BCUT2D eigenvalue weighted by Gasteiger charge is -2.47. The number of pyridine rings is 1. The van der Waals surface area contributed by atoms with Gasteiger partial charge in [-0.3, -0.25) is 19.7 Å². The van der Waals surface area contributed by atoms with Gasteiger partial charge >= 0.3 is 6.03 Å². The van der Waals surface area contributed by atoms with Gasteiger partial charge in [0.25, 0.3) is 11.5 Å². The SMILES string of the molecule is COc1ccc(CC2(CN3CC4C[C@H](C3)Cn3c4cccc3=O)C(=O)NC(=O)N(c3ccc(OC)cc3)C2=O)cc1. The Bertz CT molecular complexity index is 1550. The Hall–Kier alpha value is -4.44. The topological polar surface area (TPSA) is 110 Å². The molecular formula is C31H32N4O6. The molecule has 1 N–H and O–H groups in total. The molecule has 41 heavy (non-hydrogen) atoms. The van der Waals surface area contributed by atoms with E-state index in [9.17, 15) is 19.2 Å². The Morgan fingerprint density at radius 1 is 0.854 bits per heavy atom. The van der Waals surface area contributed by atoms with Gasteiger partial charge in [0.15, 0.2) is 0 Å². The van der Waals surface area contributed by atoms with Crippen LogP contribution in [0.5, 0.6) is 11.5 Å². The predicted octanol–water partition coefficient (Wildman–Crippen LogP) is 2.80. The van der Waals surface area contributed by atoms with Crippen LogP contribution in [0.15, 0.2) is 71.5 Å². The molecule has 2 fully saturated rings. The number of nitrogens with one attached hydrogen (secondary N) is 1. The molecule has 0 aliphatic carbocycles. The van der Waals surface area contributed by atoms with E-state index in [4.69, 9.17) is 9.47 Å². The lowest BCUT2D eigenvalue weighted by molar-refractivity contribution is -0.144. The molecule has 2 aromatic carbocycles. The van der Waals surface area contributed by atoms with Gasteiger partial charge in [0.1, 0.15) is 16.9 Å². The second-order valence-corrected chi connectivity index (χ2v) is 11.1. The van der Waals surface area contributed by atoms with Crippen molar-refractivity contribution in [2.75, 3.05) is 38.8 Å². The molecule has 3 aliphatic heterocycles. The summed E-state index contributed by atoms with van der Waals surface area (Å²) in [6, 6.07) is 18.4. The van der Waals surface area contributed by atoms with Gasteiger partial charge in [-0.25, -0.2) is 9.69 Å². The number of urea groups is 1. The minimum absolute atomic E-state index is 0.00268. The van der Waals surface area contributed by atoms with Crippen LogP contribution in [0.3, 0.4) is 0 Å². The Labute approximate surface area is 237 Å². The van der Waals surface area contributed by atoms with Crippen LogP contribution in [0.1, 0.15) is 23.6 Å². The summed E-state index contributed by atoms with van der Waals surface area (Å²) in [5.41, 5.74) is 0.537. The maximum absolute atomic E-state index is 14.4. The number of amides is 4. The number of piperidine rings is 1. The van der Waals surface area contributed by atoms with E-state index in [0.29, 0.717) is 36.8 Å². The highest BCUT2D eigenvalue weighted by molar-refractivity contribution is 6.30. The Kier molecular flexibility index (Phi) is 6.86. The number of rotatable bonds is 7. The summed E-state index contributed by atoms with van der Waals surface area (Å²) in [5.74, 6) is 0.379. The van der Waals surface area contributed by atoms with Crippen molar-refractivity contribution >= 4 is 23.5 Å². The zero-order valence-corrected chi connectivity index (χ0v) is 23.0. The van der Waals surface area contributed by atoms with Crippen molar-refractivity contribution in [2.45, 2.75) is 25.3 Å². The van der Waals surface area contributed by atoms with Crippen molar-refractivity contribution in [2.24, 2.45) is 11.3 Å². The first-order valence-electron chi connectivity index (χ1n) is 13.7. The van der Waals surface area contributed by atoms with Gasteiger partial charge in [-0.1, -0.05) is 18.2 Å². The molecule has 1 aromatic heterocycles. The van der Waals surface area contributed by atoms with Crippen molar-refractivity contribution in [3.05, 3.63) is 88.3 Å². The molecule has 4 heterocycles. The van der Waals surface area contributed by atoms with Crippen LogP contribution in [-0.2, 0) is 22.6 Å². The van der Waals surface area contributed by atoms with E-state index in [-0.39, 0.29) is 30.4 Å². The number of likely N-dealkylation sites (tertiary alicyclic amines) is 1. The molecule has 10 nitrogen and oxygen atoms in total. The number of carbonyl (C=O) groups is 3. The summed E-state index contributed by atoms with van der Waals surface area (Å²) in [4.78, 5) is 57.1. The van der Waals surface area contributed by atoms with Gasteiger partial charge in [0, 0.05) is 43.9 Å². The summed E-state index contributed by atoms with van der Waals surface area (Å²) in [7, 11) is 3.11. The molecule has 10 heteroatoms. The Morgan fingerprint density at radius 2 is 1.54 bits per heavy atom. The highest BCUT2D eigenvalue weighted by atomic mass is 16.5. The number of hydrogen-bond donors (Lipinski definition) is 1. The van der Waals surface area contributed by atoms with Crippen molar-refractivity contribution in [3.63, 3.8) is 0 Å². The van der Waals surface area contributed by atoms with E-state index in [1.54, 1.807) is 55.6 Å². The van der Waals surface area contributed by atoms with E-state index in [1.807, 2.05) is 22.8 Å². The number of anilines is 1. The number of methoxy groups -OCH3 is 2. The van der Waals surface area contributed by atoms with Crippen molar-refractivity contribution in [1.29, 1.82) is 0 Å². The molecule has 3 aromatic rings. The van der Waals surface area contributed by atoms with Crippen LogP contribution >= 0.6 is 0 Å². The van der Waals surface area contributed by atoms with Crippen molar-refractivity contribution < 1.29 is 23.9 Å². The zero-order chi connectivity index (χ0) is 28.7. The molecule has 2 unspecified atom stereocenters. The zero-order valence-electron chi connectivity index (χ0n) is 23.0. The summed E-state index contributed by atoms with van der Waals surface area (Å²) in [6.07, 6.45) is 1.05. The first-order chi connectivity index (χ1) is 19.8. The predicted molar refractivity (Wildman–Crippen MR) is 151 cm³/mol. The van der Waals surface area contributed by atoms with Crippen LogP contribution in [0.4, 0.5) is 10.5 Å². The van der Waals surface area contributed by atoms with Crippen molar-refractivity contribution in [3.8, 4) is 11.5 Å². The molecule has 2 bridgehead atoms. The van der Waals surface area contributed by atoms with Crippen LogP contribution in [-0.4, -0.2) is 61.2 Å². The number of hydrogen-bond acceptors (Lipinski definition) is 7. The smallest absolute Gasteiger partial charge is 0.335 e. The number of carbonyl (C=O) groups excluding carboxylic acids is 3. The van der Waals surface area contributed by atoms with Gasteiger partial charge in [0.2, 0.25) is 5.91 Å². The number of ether oxygens (including phenoxy) is 2. The Balaban J connectivity index is 1.37. The van der Waals surface area contributed by atoms with Crippen LogP contribution in [0.2, 0.25) is 0 Å². The lowest BCUT2D eigenvalue weighted by atomic mass is 9.75. The monoisotopic (exact) mass is 556 g/mol. The standard InChI is InChI=1S/C31H32N4O6/c1-40-24-10-6-20(7-11-24)15-31(19-33-16-21-14-22(18-33)26-4-3-5-27(36)34(26)17-21)28(37)32-30(39)35(29(31)38)23-8-12-25(41-2)13-9-23/h3-13,21-22H,14-19H2,1-2H3,(H,32,37,39)/t21-,22?,31?/m1/s1. The fraction of sp³-hybridized carbons (Fsp3) is 0.355. The maximum atomic E-state index is 14.4. The van der Waals surface area contributed by atoms with E-state index in [1.165, 1.54) is 7.11 Å². The number of barbiturate groups is 1. The molecule has 2 saturated heterocycles. The van der Waals surface area contributed by atoms with Gasteiger partial charge < -0.3 is 18.9 Å². The van der Waals surface area contributed by atoms with Crippen LogP contribution < -0.4 is 25.2 Å². The minimum atomic E-state index is -1.57. The summed E-state index contributed by atoms with van der Waals surface area (Å²) in [6.45, 7) is 1.97. The normalized spacial score (nSPS) is 24.0. The largest absolute Gasteiger partial charge is 0.497 e. The molecule has 212 valence electrons. The number of fused-ring (bicyclic) bond motifs is 4. The molecule has 6 rings (SSSR count). The second-order valence-electron chi connectivity index (χ2n) is 11.1. The molecule has 4 amide bonds. The van der Waals surface area contributed by atoms with Gasteiger partial charge in [-0.2, -0.15) is 0 Å². The minimum Gasteiger partial charge on any atom is -0.497 e. The summed E-state index contributed by atoms with van der Waals surface area (Å²) < 4.78 is 12.4. The summed E-state index contributed by atoms with van der Waals surface area (Å²) >= 11 is 0. The third kappa shape index (κ3) is 4.78. The molecule has 3 aliphatic rings. The van der Waals surface area contributed by atoms with E-state index < -0.39 is 23.3 Å². The number of nitrogens with zero attached hydrogens (tertiary/aromatic N) is 3. The fourth-order valence-corrected chi connectivity index (χ4v) is 6.59. The summed E-state index contributed by atoms with van der Waals surface area (Å²) in [5, 5.41) is 2.48. The Morgan fingerprint density at radius 3 is 2.22 bits per heavy atom. The third-order valence-corrected chi connectivity index (χ3v) is 8.52. The lowest BCUT2D eigenvalue weighted by Crippen LogP contribution is -2.68. The van der Waals surface area contributed by atoms with Gasteiger partial charge in [0.05, 0.1) is 19.9 Å². The van der Waals surface area contributed by atoms with Crippen LogP contribution in [0.25, 0.3) is 0 Å². The molecule has 0 spiro atoms. The van der Waals surface area contributed by atoms with E-state index >= 15 is 0 Å². The average molecular weight is 557 g/mol. The first-order valence-corrected chi connectivity index (χ1v) is 13.7. The van der Waals surface area contributed by atoms with Crippen LogP contribution in [0, 0.1) is 11.3 Å². The maximum Gasteiger partial charge on any atom is 0.335 e. The van der Waals surface area contributed by atoms with E-state index in [2.05, 4.69) is 10.2 Å². The number of imide groups is 2. The molecule has 0 radical (unpaired) electrons.